The summed E-state index contributed by atoms with van der Waals surface area (Å²) in [7, 11) is -4.45. The molecule has 9 nitrogen and oxygen atoms in total. The first-order valence-electron chi connectivity index (χ1n) is 12.9. The second kappa shape index (κ2) is 11.3. The van der Waals surface area contributed by atoms with Crippen LogP contribution in [0, 0.1) is 18.6 Å². The molecule has 1 fully saturated rings. The molecule has 2 aromatic carbocycles. The monoisotopic (exact) mass is 590 g/mol. The van der Waals surface area contributed by atoms with E-state index in [4.69, 9.17) is 16.3 Å². The number of likely N-dealkylation sites (tertiary alicyclic amines) is 1. The average molecular weight is 591 g/mol. The van der Waals surface area contributed by atoms with Crippen LogP contribution in [-0.2, 0) is 10.0 Å². The van der Waals surface area contributed by atoms with Crippen LogP contribution >= 0.6 is 11.6 Å². The SMILES string of the molecule is Cc1[nH]nc2nc(-c3ccc(NS(=O)(=O)c4cc(Cl)ccc4F)c(F)c3)nc(OC3CCCN(C(C)C)CC3)c12. The summed E-state index contributed by atoms with van der Waals surface area (Å²) in [5.41, 5.74) is 1.03. The zero-order valence-corrected chi connectivity index (χ0v) is 23.8. The van der Waals surface area contributed by atoms with Gasteiger partial charge in [-0.15, -0.1) is 0 Å². The average Bonchev–Trinajstić information content (AvgIpc) is 3.12. The molecular formula is C27H29ClF2N6O3S. The van der Waals surface area contributed by atoms with E-state index in [0.717, 1.165) is 56.2 Å². The maximum atomic E-state index is 15.1. The molecule has 0 saturated carbocycles. The minimum atomic E-state index is -4.45. The van der Waals surface area contributed by atoms with Gasteiger partial charge < -0.3 is 9.64 Å². The molecule has 1 aliphatic heterocycles. The van der Waals surface area contributed by atoms with Crippen molar-refractivity contribution < 1.29 is 21.9 Å². The van der Waals surface area contributed by atoms with Crippen LogP contribution < -0.4 is 9.46 Å². The number of sulfonamides is 1. The van der Waals surface area contributed by atoms with Gasteiger partial charge in [0.1, 0.15) is 28.0 Å². The summed E-state index contributed by atoms with van der Waals surface area (Å²) in [4.78, 5) is 10.8. The van der Waals surface area contributed by atoms with Crippen molar-refractivity contribution >= 4 is 38.3 Å². The first-order chi connectivity index (χ1) is 19.0. The standard InChI is InChI=1S/C27H29ClF2N6O3S/c1-15(2)36-11-4-5-19(10-12-36)39-27-24-16(3)33-34-26(24)31-25(32-27)17-6-9-22(21(30)13-17)35-40(37,38)23-14-18(28)7-8-20(23)29/h6-9,13-15,19,35H,4-5,10-12H2,1-3H3,(H,31,32,33,34). The summed E-state index contributed by atoms with van der Waals surface area (Å²) < 4.78 is 63.2. The lowest BCUT2D eigenvalue weighted by Gasteiger charge is -2.24. The molecule has 2 N–H and O–H groups in total. The van der Waals surface area contributed by atoms with Gasteiger partial charge in [0.05, 0.1) is 5.69 Å². The van der Waals surface area contributed by atoms with E-state index in [1.807, 2.05) is 6.92 Å². The summed E-state index contributed by atoms with van der Waals surface area (Å²) in [6.07, 6.45) is 2.66. The lowest BCUT2D eigenvalue weighted by molar-refractivity contribution is 0.170. The topological polar surface area (TPSA) is 113 Å². The molecule has 2 aromatic heterocycles. The number of aromatic nitrogens is 4. The molecule has 0 bridgehead atoms. The molecule has 4 aromatic rings. The predicted molar refractivity (Wildman–Crippen MR) is 149 cm³/mol. The second-order valence-corrected chi connectivity index (χ2v) is 12.2. The van der Waals surface area contributed by atoms with Crippen LogP contribution in [0.25, 0.3) is 22.4 Å². The van der Waals surface area contributed by atoms with Gasteiger partial charge in [-0.1, -0.05) is 11.6 Å². The Bertz CT molecular complexity index is 1660. The molecule has 1 saturated heterocycles. The van der Waals surface area contributed by atoms with Crippen molar-refractivity contribution in [1.29, 1.82) is 0 Å². The molecule has 13 heteroatoms. The Kier molecular flexibility index (Phi) is 7.94. The van der Waals surface area contributed by atoms with Crippen molar-refractivity contribution in [2.24, 2.45) is 0 Å². The van der Waals surface area contributed by atoms with Gasteiger partial charge in [-0.05, 0) is 83.0 Å². The van der Waals surface area contributed by atoms with Gasteiger partial charge in [0.25, 0.3) is 10.0 Å². The molecule has 1 unspecified atom stereocenters. The Morgan fingerprint density at radius 3 is 2.65 bits per heavy atom. The van der Waals surface area contributed by atoms with Gasteiger partial charge in [-0.3, -0.25) is 9.82 Å². The highest BCUT2D eigenvalue weighted by molar-refractivity contribution is 7.92. The molecule has 0 spiro atoms. The zero-order valence-electron chi connectivity index (χ0n) is 22.2. The van der Waals surface area contributed by atoms with Gasteiger partial charge in [0.2, 0.25) is 5.88 Å². The van der Waals surface area contributed by atoms with Crippen molar-refractivity contribution in [1.82, 2.24) is 25.1 Å². The normalized spacial score (nSPS) is 16.8. The summed E-state index contributed by atoms with van der Waals surface area (Å²) >= 11 is 5.82. The molecule has 5 rings (SSSR count). The summed E-state index contributed by atoms with van der Waals surface area (Å²) in [6, 6.07) is 7.34. The minimum Gasteiger partial charge on any atom is -0.474 e. The molecule has 0 amide bonds. The van der Waals surface area contributed by atoms with Crippen LogP contribution in [0.2, 0.25) is 5.02 Å². The molecule has 0 radical (unpaired) electrons. The van der Waals surface area contributed by atoms with Crippen molar-refractivity contribution in [3.8, 4) is 17.3 Å². The number of halogens is 3. The van der Waals surface area contributed by atoms with Crippen molar-refractivity contribution in [3.05, 3.63) is 58.7 Å². The summed E-state index contributed by atoms with van der Waals surface area (Å²) in [5, 5.41) is 7.84. The number of hydrogen-bond donors (Lipinski definition) is 2. The van der Waals surface area contributed by atoms with Crippen molar-refractivity contribution in [2.75, 3.05) is 17.8 Å². The Morgan fingerprint density at radius 2 is 1.90 bits per heavy atom. The number of aryl methyl sites for hydroxylation is 1. The first kappa shape index (κ1) is 28.2. The molecule has 3 heterocycles. The fourth-order valence-corrected chi connectivity index (χ4v) is 6.15. The van der Waals surface area contributed by atoms with E-state index >= 15 is 4.39 Å². The molecule has 40 heavy (non-hydrogen) atoms. The molecular weight excluding hydrogens is 562 g/mol. The predicted octanol–water partition coefficient (Wildman–Crippen LogP) is 5.70. The third-order valence-corrected chi connectivity index (χ3v) is 8.55. The third kappa shape index (κ3) is 5.89. The molecule has 0 aliphatic carbocycles. The van der Waals surface area contributed by atoms with E-state index in [0.29, 0.717) is 23.0 Å². The van der Waals surface area contributed by atoms with Crippen LogP contribution in [-0.4, -0.2) is 58.7 Å². The number of rotatable bonds is 7. The number of anilines is 1. The third-order valence-electron chi connectivity index (χ3n) is 6.93. The fourth-order valence-electron chi connectivity index (χ4n) is 4.74. The van der Waals surface area contributed by atoms with Crippen LogP contribution in [0.3, 0.4) is 0 Å². The van der Waals surface area contributed by atoms with E-state index in [1.54, 1.807) is 0 Å². The second-order valence-electron chi connectivity index (χ2n) is 10.1. The Labute approximate surface area is 236 Å². The Balaban J connectivity index is 1.43. The van der Waals surface area contributed by atoms with E-state index in [2.05, 4.69) is 43.6 Å². The van der Waals surface area contributed by atoms with E-state index in [1.165, 1.54) is 18.2 Å². The highest BCUT2D eigenvalue weighted by atomic mass is 35.5. The number of benzene rings is 2. The fraction of sp³-hybridized carbons (Fsp3) is 0.370. The summed E-state index contributed by atoms with van der Waals surface area (Å²) in [6.45, 7) is 8.13. The largest absolute Gasteiger partial charge is 0.474 e. The molecule has 212 valence electrons. The maximum Gasteiger partial charge on any atom is 0.264 e. The lowest BCUT2D eigenvalue weighted by Crippen LogP contribution is -2.32. The van der Waals surface area contributed by atoms with Crippen LogP contribution in [0.5, 0.6) is 5.88 Å². The van der Waals surface area contributed by atoms with Crippen molar-refractivity contribution in [3.63, 3.8) is 0 Å². The number of ether oxygens (including phenoxy) is 1. The Morgan fingerprint density at radius 1 is 1.10 bits per heavy atom. The maximum absolute atomic E-state index is 15.1. The van der Waals surface area contributed by atoms with Crippen molar-refractivity contribution in [2.45, 2.75) is 57.1 Å². The van der Waals surface area contributed by atoms with Gasteiger partial charge in [-0.2, -0.15) is 10.1 Å². The minimum absolute atomic E-state index is 0.0258. The Hall–Kier alpha value is -3.35. The van der Waals surface area contributed by atoms with Gasteiger partial charge >= 0.3 is 0 Å². The highest BCUT2D eigenvalue weighted by Crippen LogP contribution is 2.32. The van der Waals surface area contributed by atoms with Gasteiger partial charge in [0, 0.05) is 28.9 Å². The van der Waals surface area contributed by atoms with E-state index in [-0.39, 0.29) is 28.2 Å². The number of fused-ring (bicyclic) bond motifs is 1. The number of nitrogens with one attached hydrogen (secondary N) is 2. The van der Waals surface area contributed by atoms with Crippen LogP contribution in [0.15, 0.2) is 41.3 Å². The van der Waals surface area contributed by atoms with Crippen LogP contribution in [0.1, 0.15) is 38.8 Å². The number of nitrogens with zero attached hydrogens (tertiary/aromatic N) is 4. The van der Waals surface area contributed by atoms with E-state index in [9.17, 15) is 12.8 Å². The molecule has 1 atom stereocenters. The smallest absolute Gasteiger partial charge is 0.264 e. The molecule has 1 aliphatic rings. The summed E-state index contributed by atoms with van der Waals surface area (Å²) in [5.74, 6) is -1.38. The zero-order chi connectivity index (χ0) is 28.6. The number of aromatic amines is 1. The number of H-pyrrole nitrogens is 1. The van der Waals surface area contributed by atoms with Gasteiger partial charge in [-0.25, -0.2) is 22.2 Å². The first-order valence-corrected chi connectivity index (χ1v) is 14.8. The van der Waals surface area contributed by atoms with Crippen LogP contribution in [0.4, 0.5) is 14.5 Å². The lowest BCUT2D eigenvalue weighted by atomic mass is 10.1. The number of hydrogen-bond acceptors (Lipinski definition) is 7. The van der Waals surface area contributed by atoms with E-state index < -0.39 is 26.6 Å². The quantitative estimate of drug-likeness (QED) is 0.284. The highest BCUT2D eigenvalue weighted by Gasteiger charge is 2.25. The van der Waals surface area contributed by atoms with Gasteiger partial charge in [0.15, 0.2) is 11.5 Å².